The second-order valence-electron chi connectivity index (χ2n) is 4.30. The number of nitrogens with zero attached hydrogens (tertiary/aromatic N) is 1. The standard InChI is InChI=1S/C12H22N2O2/c1-4-5-6-7-13-10-8-11(12(15)16-3)14(2)9-10/h4,10-11,13H,1,5-9H2,2-3H3. The van der Waals surface area contributed by atoms with Crippen molar-refractivity contribution < 1.29 is 9.53 Å². The van der Waals surface area contributed by atoms with Gasteiger partial charge in [-0.25, -0.2) is 0 Å². The van der Waals surface area contributed by atoms with Crippen LogP contribution in [0.4, 0.5) is 0 Å². The van der Waals surface area contributed by atoms with Crippen molar-refractivity contribution >= 4 is 5.97 Å². The summed E-state index contributed by atoms with van der Waals surface area (Å²) in [5, 5.41) is 3.46. The first kappa shape index (κ1) is 13.2. The Bertz CT molecular complexity index is 243. The van der Waals surface area contributed by atoms with Crippen LogP contribution in [0.2, 0.25) is 0 Å². The van der Waals surface area contributed by atoms with Crippen LogP contribution in [0.3, 0.4) is 0 Å². The number of likely N-dealkylation sites (tertiary alicyclic amines) is 1. The van der Waals surface area contributed by atoms with Crippen molar-refractivity contribution in [3.63, 3.8) is 0 Å². The van der Waals surface area contributed by atoms with Gasteiger partial charge < -0.3 is 10.1 Å². The number of hydrogen-bond donors (Lipinski definition) is 1. The lowest BCUT2D eigenvalue weighted by Gasteiger charge is -2.15. The number of rotatable bonds is 6. The van der Waals surface area contributed by atoms with Crippen molar-refractivity contribution in [2.75, 3.05) is 27.2 Å². The predicted molar refractivity (Wildman–Crippen MR) is 64.3 cm³/mol. The Morgan fingerprint density at radius 2 is 2.44 bits per heavy atom. The molecule has 1 N–H and O–H groups in total. The lowest BCUT2D eigenvalue weighted by Crippen LogP contribution is -2.33. The molecule has 16 heavy (non-hydrogen) atoms. The van der Waals surface area contributed by atoms with Crippen molar-refractivity contribution in [2.45, 2.75) is 31.3 Å². The van der Waals surface area contributed by atoms with Crippen LogP contribution in [0, 0.1) is 0 Å². The summed E-state index contributed by atoms with van der Waals surface area (Å²) >= 11 is 0. The number of methoxy groups -OCH3 is 1. The van der Waals surface area contributed by atoms with Gasteiger partial charge in [0.25, 0.3) is 0 Å². The Balaban J connectivity index is 2.27. The highest BCUT2D eigenvalue weighted by Gasteiger charge is 2.34. The monoisotopic (exact) mass is 226 g/mol. The fourth-order valence-corrected chi connectivity index (χ4v) is 2.11. The Morgan fingerprint density at radius 3 is 3.06 bits per heavy atom. The lowest BCUT2D eigenvalue weighted by molar-refractivity contribution is -0.145. The molecule has 0 aromatic heterocycles. The molecule has 2 atom stereocenters. The van der Waals surface area contributed by atoms with Gasteiger partial charge in [-0.1, -0.05) is 6.08 Å². The molecule has 1 fully saturated rings. The highest BCUT2D eigenvalue weighted by molar-refractivity contribution is 5.76. The molecular weight excluding hydrogens is 204 g/mol. The van der Waals surface area contributed by atoms with Crippen LogP contribution in [0.25, 0.3) is 0 Å². The van der Waals surface area contributed by atoms with Crippen LogP contribution in [0.1, 0.15) is 19.3 Å². The molecule has 1 aliphatic heterocycles. The van der Waals surface area contributed by atoms with Gasteiger partial charge in [-0.3, -0.25) is 9.69 Å². The van der Waals surface area contributed by atoms with Crippen LogP contribution in [0.5, 0.6) is 0 Å². The summed E-state index contributed by atoms with van der Waals surface area (Å²) in [5.74, 6) is -0.127. The van der Waals surface area contributed by atoms with Crippen LogP contribution < -0.4 is 5.32 Å². The second-order valence-corrected chi connectivity index (χ2v) is 4.30. The molecule has 0 radical (unpaired) electrons. The summed E-state index contributed by atoms with van der Waals surface area (Å²) in [4.78, 5) is 13.5. The molecule has 0 spiro atoms. The third-order valence-corrected chi connectivity index (χ3v) is 3.04. The Kier molecular flexibility index (Phi) is 5.49. The normalized spacial score (nSPS) is 25.6. The fraction of sp³-hybridized carbons (Fsp3) is 0.750. The zero-order chi connectivity index (χ0) is 12.0. The van der Waals surface area contributed by atoms with E-state index in [2.05, 4.69) is 16.8 Å². The molecule has 1 saturated heterocycles. The maximum Gasteiger partial charge on any atom is 0.323 e. The van der Waals surface area contributed by atoms with E-state index in [1.165, 1.54) is 7.11 Å². The van der Waals surface area contributed by atoms with E-state index in [1.807, 2.05) is 13.1 Å². The molecule has 0 bridgehead atoms. The number of likely N-dealkylation sites (N-methyl/N-ethyl adjacent to an activating group) is 1. The third-order valence-electron chi connectivity index (χ3n) is 3.04. The van der Waals surface area contributed by atoms with Crippen LogP contribution >= 0.6 is 0 Å². The van der Waals surface area contributed by atoms with Gasteiger partial charge in [0.15, 0.2) is 0 Å². The van der Waals surface area contributed by atoms with E-state index in [9.17, 15) is 4.79 Å². The van der Waals surface area contributed by atoms with E-state index < -0.39 is 0 Å². The maximum absolute atomic E-state index is 11.4. The van der Waals surface area contributed by atoms with Gasteiger partial charge in [0.05, 0.1) is 7.11 Å². The largest absolute Gasteiger partial charge is 0.468 e. The highest BCUT2D eigenvalue weighted by atomic mass is 16.5. The molecule has 0 saturated carbocycles. The smallest absolute Gasteiger partial charge is 0.323 e. The van der Waals surface area contributed by atoms with Gasteiger partial charge in [0, 0.05) is 12.6 Å². The summed E-state index contributed by atoms with van der Waals surface area (Å²) in [6.07, 6.45) is 4.92. The van der Waals surface area contributed by atoms with Crippen LogP contribution in [-0.4, -0.2) is 50.2 Å². The SMILES string of the molecule is C=CCCCNC1CC(C(=O)OC)N(C)C1. The number of carbonyl (C=O) groups is 1. The number of esters is 1. The zero-order valence-corrected chi connectivity index (χ0v) is 10.2. The number of carbonyl (C=O) groups excluding carboxylic acids is 1. The molecule has 4 nitrogen and oxygen atoms in total. The van der Waals surface area contributed by atoms with Gasteiger partial charge in [-0.2, -0.15) is 0 Å². The minimum absolute atomic E-state index is 0.0816. The Hall–Kier alpha value is -0.870. The topological polar surface area (TPSA) is 41.6 Å². The molecule has 1 rings (SSSR count). The molecule has 0 amide bonds. The van der Waals surface area contributed by atoms with E-state index in [4.69, 9.17) is 4.74 Å². The molecule has 0 aromatic carbocycles. The molecular formula is C12H22N2O2. The minimum Gasteiger partial charge on any atom is -0.468 e. The fourth-order valence-electron chi connectivity index (χ4n) is 2.11. The number of nitrogens with one attached hydrogen (secondary N) is 1. The number of unbranched alkanes of at least 4 members (excludes halogenated alkanes) is 1. The molecule has 0 aromatic rings. The number of allylic oxidation sites excluding steroid dienone is 1. The van der Waals surface area contributed by atoms with Crippen LogP contribution in [0.15, 0.2) is 12.7 Å². The lowest BCUT2D eigenvalue weighted by atomic mass is 10.1. The molecule has 2 unspecified atom stereocenters. The zero-order valence-electron chi connectivity index (χ0n) is 10.2. The van der Waals surface area contributed by atoms with Gasteiger partial charge >= 0.3 is 5.97 Å². The van der Waals surface area contributed by atoms with Gasteiger partial charge in [0.2, 0.25) is 0 Å². The number of hydrogen-bond acceptors (Lipinski definition) is 4. The van der Waals surface area contributed by atoms with Gasteiger partial charge in [-0.15, -0.1) is 6.58 Å². The van der Waals surface area contributed by atoms with Crippen LogP contribution in [-0.2, 0) is 9.53 Å². The summed E-state index contributed by atoms with van der Waals surface area (Å²) in [7, 11) is 3.41. The van der Waals surface area contributed by atoms with E-state index in [0.29, 0.717) is 6.04 Å². The minimum atomic E-state index is -0.127. The van der Waals surface area contributed by atoms with E-state index >= 15 is 0 Å². The maximum atomic E-state index is 11.4. The van der Waals surface area contributed by atoms with Gasteiger partial charge in [-0.05, 0) is 32.9 Å². The molecule has 92 valence electrons. The Labute approximate surface area is 97.6 Å². The van der Waals surface area contributed by atoms with Crippen molar-refractivity contribution in [2.24, 2.45) is 0 Å². The van der Waals surface area contributed by atoms with E-state index in [0.717, 1.165) is 32.4 Å². The molecule has 4 heteroatoms. The van der Waals surface area contributed by atoms with E-state index in [-0.39, 0.29) is 12.0 Å². The highest BCUT2D eigenvalue weighted by Crippen LogP contribution is 2.16. The van der Waals surface area contributed by atoms with E-state index in [1.54, 1.807) is 0 Å². The number of ether oxygens (including phenoxy) is 1. The first-order valence-electron chi connectivity index (χ1n) is 5.81. The van der Waals surface area contributed by atoms with Gasteiger partial charge in [0.1, 0.15) is 6.04 Å². The van der Waals surface area contributed by atoms with Crippen molar-refractivity contribution in [1.82, 2.24) is 10.2 Å². The summed E-state index contributed by atoms with van der Waals surface area (Å²) in [5.41, 5.74) is 0. The summed E-state index contributed by atoms with van der Waals surface area (Å²) in [6, 6.07) is 0.320. The van der Waals surface area contributed by atoms with Crippen molar-refractivity contribution in [3.05, 3.63) is 12.7 Å². The summed E-state index contributed by atoms with van der Waals surface area (Å²) in [6.45, 7) is 5.59. The third kappa shape index (κ3) is 3.61. The average molecular weight is 226 g/mol. The average Bonchev–Trinajstić information content (AvgIpc) is 2.65. The molecule has 0 aliphatic carbocycles. The quantitative estimate of drug-likeness (QED) is 0.413. The second kappa shape index (κ2) is 6.66. The molecule has 1 heterocycles. The predicted octanol–water partition coefficient (Wildman–Crippen LogP) is 0.788. The first-order chi connectivity index (χ1) is 7.69. The van der Waals surface area contributed by atoms with Crippen molar-refractivity contribution in [3.8, 4) is 0 Å². The first-order valence-corrected chi connectivity index (χ1v) is 5.81. The van der Waals surface area contributed by atoms with Crippen molar-refractivity contribution in [1.29, 1.82) is 0 Å². The molecule has 1 aliphatic rings. The summed E-state index contributed by atoms with van der Waals surface area (Å²) < 4.78 is 4.77. The Morgan fingerprint density at radius 1 is 1.69 bits per heavy atom.